The van der Waals surface area contributed by atoms with Gasteiger partial charge in [0.25, 0.3) is 0 Å². The highest BCUT2D eigenvalue weighted by Gasteiger charge is 2.17. The fraction of sp³-hybridized carbons (Fsp3) is 0.200. The molecule has 6 heteroatoms. The van der Waals surface area contributed by atoms with E-state index in [0.29, 0.717) is 10.6 Å². The SMILES string of the molecule is CC(c1ccc(Cl)cc1)N(C)c1cnccc1/C(N)=N/O. The van der Waals surface area contributed by atoms with Crippen LogP contribution < -0.4 is 10.6 Å². The van der Waals surface area contributed by atoms with Gasteiger partial charge in [0.05, 0.1) is 17.9 Å². The summed E-state index contributed by atoms with van der Waals surface area (Å²) in [6.07, 6.45) is 3.30. The van der Waals surface area contributed by atoms with Crippen molar-refractivity contribution < 1.29 is 5.21 Å². The first-order valence-electron chi connectivity index (χ1n) is 6.44. The summed E-state index contributed by atoms with van der Waals surface area (Å²) >= 11 is 5.91. The summed E-state index contributed by atoms with van der Waals surface area (Å²) in [6.45, 7) is 2.06. The zero-order chi connectivity index (χ0) is 15.4. The lowest BCUT2D eigenvalue weighted by Crippen LogP contribution is -2.26. The quantitative estimate of drug-likeness (QED) is 0.394. The standard InChI is InChI=1S/C15H17ClN4O/c1-10(11-3-5-12(16)6-4-11)20(2)14-9-18-8-7-13(14)15(17)19-21/h3-10,21H,1-2H3,(H2,17,19). The van der Waals surface area contributed by atoms with Crippen LogP contribution in [0.2, 0.25) is 5.02 Å². The van der Waals surface area contributed by atoms with E-state index in [9.17, 15) is 0 Å². The van der Waals surface area contributed by atoms with Crippen molar-refractivity contribution in [2.45, 2.75) is 13.0 Å². The predicted molar refractivity (Wildman–Crippen MR) is 85.0 cm³/mol. The molecule has 110 valence electrons. The van der Waals surface area contributed by atoms with Gasteiger partial charge in [-0.15, -0.1) is 0 Å². The molecule has 0 amide bonds. The van der Waals surface area contributed by atoms with Crippen LogP contribution >= 0.6 is 11.6 Å². The molecule has 1 heterocycles. The molecule has 0 aliphatic carbocycles. The smallest absolute Gasteiger partial charge is 0.172 e. The minimum Gasteiger partial charge on any atom is -0.409 e. The molecule has 0 saturated carbocycles. The third-order valence-electron chi connectivity index (χ3n) is 3.50. The molecular weight excluding hydrogens is 288 g/mol. The second-order valence-electron chi connectivity index (χ2n) is 4.72. The van der Waals surface area contributed by atoms with Crippen molar-refractivity contribution in [3.05, 3.63) is 58.9 Å². The summed E-state index contributed by atoms with van der Waals surface area (Å²) in [4.78, 5) is 6.14. The molecule has 0 spiro atoms. The molecule has 5 nitrogen and oxygen atoms in total. The average molecular weight is 305 g/mol. The molecule has 0 aliphatic heterocycles. The molecule has 1 aromatic heterocycles. The van der Waals surface area contributed by atoms with Crippen LogP contribution in [0.3, 0.4) is 0 Å². The van der Waals surface area contributed by atoms with Crippen LogP contribution in [0.1, 0.15) is 24.1 Å². The zero-order valence-corrected chi connectivity index (χ0v) is 12.6. The van der Waals surface area contributed by atoms with Gasteiger partial charge in [0.15, 0.2) is 5.84 Å². The molecule has 0 saturated heterocycles. The van der Waals surface area contributed by atoms with Crippen molar-refractivity contribution in [3.8, 4) is 0 Å². The number of amidine groups is 1. The highest BCUT2D eigenvalue weighted by molar-refractivity contribution is 6.30. The molecule has 0 fully saturated rings. The van der Waals surface area contributed by atoms with E-state index in [2.05, 4.69) is 17.1 Å². The number of nitrogens with zero attached hydrogens (tertiary/aromatic N) is 3. The number of pyridine rings is 1. The summed E-state index contributed by atoms with van der Waals surface area (Å²) in [7, 11) is 1.93. The normalized spacial score (nSPS) is 13.0. The number of oxime groups is 1. The van der Waals surface area contributed by atoms with Crippen molar-refractivity contribution in [2.75, 3.05) is 11.9 Å². The monoisotopic (exact) mass is 304 g/mol. The molecule has 0 aliphatic rings. The Morgan fingerprint density at radius 2 is 2.00 bits per heavy atom. The number of rotatable bonds is 4. The number of hydrogen-bond acceptors (Lipinski definition) is 4. The van der Waals surface area contributed by atoms with Crippen molar-refractivity contribution >= 4 is 23.1 Å². The van der Waals surface area contributed by atoms with Crippen LogP contribution in [0, 0.1) is 0 Å². The van der Waals surface area contributed by atoms with Crippen LogP contribution in [0.15, 0.2) is 47.9 Å². The molecule has 0 radical (unpaired) electrons. The molecule has 1 atom stereocenters. The number of anilines is 1. The molecule has 3 N–H and O–H groups in total. The van der Waals surface area contributed by atoms with Gasteiger partial charge >= 0.3 is 0 Å². The fourth-order valence-corrected chi connectivity index (χ4v) is 2.24. The largest absolute Gasteiger partial charge is 0.409 e. The third kappa shape index (κ3) is 3.25. The molecule has 1 unspecified atom stereocenters. The maximum Gasteiger partial charge on any atom is 0.172 e. The maximum atomic E-state index is 8.89. The van der Waals surface area contributed by atoms with Gasteiger partial charge in [-0.25, -0.2) is 0 Å². The summed E-state index contributed by atoms with van der Waals surface area (Å²) in [5, 5.41) is 12.7. The van der Waals surface area contributed by atoms with Crippen molar-refractivity contribution in [1.82, 2.24) is 4.98 Å². The predicted octanol–water partition coefficient (Wildman–Crippen LogP) is 3.03. The Bertz CT molecular complexity index is 642. The summed E-state index contributed by atoms with van der Waals surface area (Å²) < 4.78 is 0. The summed E-state index contributed by atoms with van der Waals surface area (Å²) in [5.74, 6) is 0.0579. The average Bonchev–Trinajstić information content (AvgIpc) is 2.53. The topological polar surface area (TPSA) is 74.7 Å². The Morgan fingerprint density at radius 1 is 1.33 bits per heavy atom. The van der Waals surface area contributed by atoms with Gasteiger partial charge in [0, 0.05) is 23.8 Å². The van der Waals surface area contributed by atoms with E-state index in [1.54, 1.807) is 18.5 Å². The molecule has 2 rings (SSSR count). The van der Waals surface area contributed by atoms with Crippen LogP contribution in [-0.4, -0.2) is 23.1 Å². The highest BCUT2D eigenvalue weighted by atomic mass is 35.5. The second kappa shape index (κ2) is 6.45. The van der Waals surface area contributed by atoms with E-state index in [1.165, 1.54) is 0 Å². The third-order valence-corrected chi connectivity index (χ3v) is 3.75. The van der Waals surface area contributed by atoms with E-state index in [4.69, 9.17) is 22.5 Å². The minimum absolute atomic E-state index is 0.0579. The van der Waals surface area contributed by atoms with Crippen LogP contribution in [0.5, 0.6) is 0 Å². The lowest BCUT2D eigenvalue weighted by atomic mass is 10.1. The number of halogens is 1. The first kappa shape index (κ1) is 15.1. The van der Waals surface area contributed by atoms with E-state index < -0.39 is 0 Å². The molecule has 21 heavy (non-hydrogen) atoms. The first-order chi connectivity index (χ1) is 10.0. The lowest BCUT2D eigenvalue weighted by molar-refractivity contribution is 0.318. The van der Waals surface area contributed by atoms with Crippen LogP contribution in [0.25, 0.3) is 0 Å². The first-order valence-corrected chi connectivity index (χ1v) is 6.82. The Morgan fingerprint density at radius 3 is 2.62 bits per heavy atom. The van der Waals surface area contributed by atoms with Gasteiger partial charge in [-0.3, -0.25) is 4.98 Å². The number of aromatic nitrogens is 1. The Balaban J connectivity index is 2.35. The molecular formula is C15H17ClN4O. The zero-order valence-electron chi connectivity index (χ0n) is 11.9. The van der Waals surface area contributed by atoms with Gasteiger partial charge in [-0.1, -0.05) is 28.9 Å². The Labute approximate surface area is 128 Å². The van der Waals surface area contributed by atoms with E-state index in [0.717, 1.165) is 11.3 Å². The lowest BCUT2D eigenvalue weighted by Gasteiger charge is -2.28. The van der Waals surface area contributed by atoms with Crippen molar-refractivity contribution in [2.24, 2.45) is 10.9 Å². The summed E-state index contributed by atoms with van der Waals surface area (Å²) in [6, 6.07) is 9.46. The van der Waals surface area contributed by atoms with Gasteiger partial charge in [-0.05, 0) is 30.7 Å². The molecule has 1 aromatic carbocycles. The van der Waals surface area contributed by atoms with Gasteiger partial charge in [0.2, 0.25) is 0 Å². The van der Waals surface area contributed by atoms with Crippen LogP contribution in [0.4, 0.5) is 5.69 Å². The highest BCUT2D eigenvalue weighted by Crippen LogP contribution is 2.28. The summed E-state index contributed by atoms with van der Waals surface area (Å²) in [5.41, 5.74) is 8.25. The number of hydrogen-bond donors (Lipinski definition) is 2. The van der Waals surface area contributed by atoms with E-state index in [1.807, 2.05) is 36.2 Å². The minimum atomic E-state index is 0.0579. The second-order valence-corrected chi connectivity index (χ2v) is 5.15. The fourth-order valence-electron chi connectivity index (χ4n) is 2.11. The van der Waals surface area contributed by atoms with Crippen molar-refractivity contribution in [3.63, 3.8) is 0 Å². The van der Waals surface area contributed by atoms with Gasteiger partial charge in [-0.2, -0.15) is 0 Å². The Kier molecular flexibility index (Phi) is 4.65. The Hall–Kier alpha value is -2.27. The van der Waals surface area contributed by atoms with Gasteiger partial charge in [0.1, 0.15) is 0 Å². The van der Waals surface area contributed by atoms with Crippen molar-refractivity contribution in [1.29, 1.82) is 0 Å². The van der Waals surface area contributed by atoms with E-state index >= 15 is 0 Å². The molecule has 2 aromatic rings. The molecule has 0 bridgehead atoms. The van der Waals surface area contributed by atoms with Crippen LogP contribution in [-0.2, 0) is 0 Å². The number of nitrogens with two attached hydrogens (primary N) is 1. The van der Waals surface area contributed by atoms with Gasteiger partial charge < -0.3 is 15.8 Å². The number of benzene rings is 1. The maximum absolute atomic E-state index is 8.89. The van der Waals surface area contributed by atoms with E-state index in [-0.39, 0.29) is 11.9 Å².